The summed E-state index contributed by atoms with van der Waals surface area (Å²) in [5.41, 5.74) is 3.36. The lowest BCUT2D eigenvalue weighted by Gasteiger charge is -2.01. The first-order valence-corrected chi connectivity index (χ1v) is 6.53. The molecule has 0 amide bonds. The number of H-pyrrole nitrogens is 1. The summed E-state index contributed by atoms with van der Waals surface area (Å²) in [6.45, 7) is 3.94. The fourth-order valence-corrected chi connectivity index (χ4v) is 2.44. The molecule has 0 atom stereocenters. The van der Waals surface area contributed by atoms with Gasteiger partial charge >= 0.3 is 5.97 Å². The van der Waals surface area contributed by atoms with Crippen molar-refractivity contribution >= 4 is 17.7 Å². The number of aromatic amines is 1. The van der Waals surface area contributed by atoms with E-state index in [4.69, 9.17) is 5.11 Å². The fourth-order valence-electron chi connectivity index (χ4n) is 1.53. The molecule has 1 aromatic carbocycles. The lowest BCUT2D eigenvalue weighted by molar-refractivity contribution is 0.0697. The molecule has 0 aliphatic heterocycles. The third kappa shape index (κ3) is 2.92. The molecule has 5 heteroatoms. The Balaban J connectivity index is 2.06. The monoisotopic (exact) mass is 262 g/mol. The molecule has 18 heavy (non-hydrogen) atoms. The molecule has 0 aliphatic carbocycles. The summed E-state index contributed by atoms with van der Waals surface area (Å²) in [7, 11) is 0. The van der Waals surface area contributed by atoms with Crippen molar-refractivity contribution in [1.29, 1.82) is 0 Å². The molecule has 1 heterocycles. The average molecular weight is 262 g/mol. The molecule has 2 rings (SSSR count). The summed E-state index contributed by atoms with van der Waals surface area (Å²) in [6, 6.07) is 6.97. The molecule has 0 bridgehead atoms. The van der Waals surface area contributed by atoms with Gasteiger partial charge in [0.15, 0.2) is 5.16 Å². The van der Waals surface area contributed by atoms with Gasteiger partial charge in [0.1, 0.15) is 0 Å². The first-order chi connectivity index (χ1) is 8.56. The number of aromatic carboxylic acids is 1. The number of rotatable bonds is 4. The maximum Gasteiger partial charge on any atom is 0.335 e. The van der Waals surface area contributed by atoms with Gasteiger partial charge in [-0.05, 0) is 31.5 Å². The number of benzene rings is 1. The smallest absolute Gasteiger partial charge is 0.335 e. The van der Waals surface area contributed by atoms with Crippen molar-refractivity contribution in [1.82, 2.24) is 9.97 Å². The number of carboxylic acid groups (broad SMARTS) is 1. The Labute approximate surface area is 109 Å². The van der Waals surface area contributed by atoms with E-state index in [0.29, 0.717) is 11.3 Å². The standard InChI is InChI=1S/C13H14N2O2S/c1-8-9(2)15-13(14-8)18-7-10-4-3-5-11(6-10)12(16)17/h3-6H,7H2,1-2H3,(H,14,15)(H,16,17). The van der Waals surface area contributed by atoms with Gasteiger partial charge in [0.05, 0.1) is 11.3 Å². The van der Waals surface area contributed by atoms with Gasteiger partial charge in [0, 0.05) is 11.4 Å². The minimum Gasteiger partial charge on any atom is -0.478 e. The summed E-state index contributed by atoms with van der Waals surface area (Å²) in [5, 5.41) is 9.78. The maximum absolute atomic E-state index is 10.9. The van der Waals surface area contributed by atoms with E-state index in [9.17, 15) is 4.79 Å². The van der Waals surface area contributed by atoms with E-state index >= 15 is 0 Å². The van der Waals surface area contributed by atoms with Crippen molar-refractivity contribution in [2.45, 2.75) is 24.8 Å². The highest BCUT2D eigenvalue weighted by molar-refractivity contribution is 7.98. The zero-order chi connectivity index (χ0) is 13.1. The van der Waals surface area contributed by atoms with Crippen LogP contribution in [0, 0.1) is 13.8 Å². The van der Waals surface area contributed by atoms with E-state index in [-0.39, 0.29) is 0 Å². The van der Waals surface area contributed by atoms with E-state index < -0.39 is 5.97 Å². The van der Waals surface area contributed by atoms with Crippen molar-refractivity contribution in [2.75, 3.05) is 0 Å². The molecule has 1 aromatic heterocycles. The highest BCUT2D eigenvalue weighted by Crippen LogP contribution is 2.21. The van der Waals surface area contributed by atoms with Gasteiger partial charge in [-0.2, -0.15) is 0 Å². The quantitative estimate of drug-likeness (QED) is 0.831. The number of hydrogen-bond donors (Lipinski definition) is 2. The number of carboxylic acids is 1. The second-order valence-corrected chi connectivity index (χ2v) is 5.01. The minimum atomic E-state index is -0.897. The van der Waals surface area contributed by atoms with Gasteiger partial charge in [0.25, 0.3) is 0 Å². The molecule has 0 radical (unpaired) electrons. The molecule has 0 aliphatic rings. The summed E-state index contributed by atoms with van der Waals surface area (Å²) in [5.74, 6) is -0.195. The number of nitrogens with one attached hydrogen (secondary N) is 1. The van der Waals surface area contributed by atoms with Crippen molar-refractivity contribution < 1.29 is 9.90 Å². The largest absolute Gasteiger partial charge is 0.478 e. The Bertz CT molecular complexity index is 559. The third-order valence-corrected chi connectivity index (χ3v) is 3.60. The molecule has 2 aromatic rings. The van der Waals surface area contributed by atoms with E-state index in [0.717, 1.165) is 22.1 Å². The predicted molar refractivity (Wildman–Crippen MR) is 71.0 cm³/mol. The Morgan fingerprint density at radius 3 is 2.83 bits per heavy atom. The number of aromatic nitrogens is 2. The van der Waals surface area contributed by atoms with Crippen molar-refractivity contribution in [2.24, 2.45) is 0 Å². The van der Waals surface area contributed by atoms with Crippen molar-refractivity contribution in [3.63, 3.8) is 0 Å². The van der Waals surface area contributed by atoms with Crippen LogP contribution in [0.2, 0.25) is 0 Å². The Hall–Kier alpha value is -1.75. The lowest BCUT2D eigenvalue weighted by atomic mass is 10.1. The molecule has 0 saturated heterocycles. The zero-order valence-electron chi connectivity index (χ0n) is 10.2. The zero-order valence-corrected chi connectivity index (χ0v) is 11.0. The van der Waals surface area contributed by atoms with Crippen LogP contribution in [0.5, 0.6) is 0 Å². The predicted octanol–water partition coefficient (Wildman–Crippen LogP) is 3.02. The van der Waals surface area contributed by atoms with E-state index in [1.54, 1.807) is 30.0 Å². The Kier molecular flexibility index (Phi) is 3.72. The normalized spacial score (nSPS) is 10.6. The van der Waals surface area contributed by atoms with Gasteiger partial charge in [0.2, 0.25) is 0 Å². The van der Waals surface area contributed by atoms with Crippen LogP contribution in [0.25, 0.3) is 0 Å². The number of aryl methyl sites for hydroxylation is 2. The second-order valence-electron chi connectivity index (χ2n) is 4.05. The molecule has 94 valence electrons. The van der Waals surface area contributed by atoms with Crippen LogP contribution in [-0.4, -0.2) is 21.0 Å². The first kappa shape index (κ1) is 12.7. The van der Waals surface area contributed by atoms with Crippen LogP contribution in [0.15, 0.2) is 29.4 Å². The number of nitrogens with zero attached hydrogens (tertiary/aromatic N) is 1. The van der Waals surface area contributed by atoms with E-state index in [1.807, 2.05) is 19.9 Å². The molecule has 4 nitrogen and oxygen atoms in total. The van der Waals surface area contributed by atoms with Crippen molar-refractivity contribution in [3.8, 4) is 0 Å². The second kappa shape index (κ2) is 5.27. The third-order valence-electron chi connectivity index (χ3n) is 2.66. The molecule has 0 saturated carbocycles. The van der Waals surface area contributed by atoms with E-state index in [2.05, 4.69) is 9.97 Å². The van der Waals surface area contributed by atoms with Crippen molar-refractivity contribution in [3.05, 3.63) is 46.8 Å². The topological polar surface area (TPSA) is 66.0 Å². The van der Waals surface area contributed by atoms with Crippen LogP contribution in [-0.2, 0) is 5.75 Å². The molecule has 2 N–H and O–H groups in total. The molecule has 0 unspecified atom stereocenters. The number of carbonyl (C=O) groups is 1. The fraction of sp³-hybridized carbons (Fsp3) is 0.231. The molecule has 0 spiro atoms. The number of hydrogen-bond acceptors (Lipinski definition) is 3. The van der Waals surface area contributed by atoms with Gasteiger partial charge < -0.3 is 10.1 Å². The summed E-state index contributed by atoms with van der Waals surface area (Å²) < 4.78 is 0. The maximum atomic E-state index is 10.9. The highest BCUT2D eigenvalue weighted by atomic mass is 32.2. The van der Waals surface area contributed by atoms with Gasteiger partial charge in [-0.1, -0.05) is 23.9 Å². The summed E-state index contributed by atoms with van der Waals surface area (Å²) in [6.07, 6.45) is 0. The molecular weight excluding hydrogens is 248 g/mol. The van der Waals surface area contributed by atoms with Gasteiger partial charge in [-0.3, -0.25) is 0 Å². The molecular formula is C13H14N2O2S. The van der Waals surface area contributed by atoms with Crippen LogP contribution >= 0.6 is 11.8 Å². The Morgan fingerprint density at radius 2 is 2.22 bits per heavy atom. The number of imidazole rings is 1. The van der Waals surface area contributed by atoms with Gasteiger partial charge in [-0.15, -0.1) is 0 Å². The average Bonchev–Trinajstić information content (AvgIpc) is 2.67. The molecule has 0 fully saturated rings. The lowest BCUT2D eigenvalue weighted by Crippen LogP contribution is -1.96. The SMILES string of the molecule is Cc1nc(SCc2cccc(C(=O)O)c2)[nH]c1C. The summed E-state index contributed by atoms with van der Waals surface area (Å²) in [4.78, 5) is 18.4. The van der Waals surface area contributed by atoms with Crippen LogP contribution in [0.1, 0.15) is 27.3 Å². The minimum absolute atomic E-state index is 0.319. The highest BCUT2D eigenvalue weighted by Gasteiger charge is 2.06. The summed E-state index contributed by atoms with van der Waals surface area (Å²) >= 11 is 1.57. The van der Waals surface area contributed by atoms with E-state index in [1.165, 1.54) is 0 Å². The first-order valence-electron chi connectivity index (χ1n) is 5.54. The van der Waals surface area contributed by atoms with Crippen LogP contribution in [0.4, 0.5) is 0 Å². The number of thioether (sulfide) groups is 1. The van der Waals surface area contributed by atoms with Gasteiger partial charge in [-0.25, -0.2) is 9.78 Å². The Morgan fingerprint density at radius 1 is 1.44 bits per heavy atom. The van der Waals surface area contributed by atoms with Crippen LogP contribution < -0.4 is 0 Å². The van der Waals surface area contributed by atoms with Crippen LogP contribution in [0.3, 0.4) is 0 Å².